The maximum atomic E-state index is 13.5. The van der Waals surface area contributed by atoms with Crippen LogP contribution in [0, 0.1) is 5.82 Å². The van der Waals surface area contributed by atoms with E-state index in [9.17, 15) is 19.4 Å². The lowest BCUT2D eigenvalue weighted by Crippen LogP contribution is -2.28. The zero-order valence-electron chi connectivity index (χ0n) is 12.0. The highest BCUT2D eigenvalue weighted by molar-refractivity contribution is 5.76. The van der Waals surface area contributed by atoms with Crippen LogP contribution in [-0.4, -0.2) is 22.7 Å². The number of halogens is 1. The minimum absolute atomic E-state index is 0.0550. The Hall–Kier alpha value is -2.40. The van der Waals surface area contributed by atoms with Gasteiger partial charge in [0.2, 0.25) is 5.91 Å². The Balaban J connectivity index is 1.81. The fourth-order valence-corrected chi connectivity index (χ4v) is 2.12. The largest absolute Gasteiger partial charge is 0.508 e. The van der Waals surface area contributed by atoms with Gasteiger partial charge in [0.25, 0.3) is 0 Å². The molecule has 2 rings (SSSR count). The quantitative estimate of drug-likeness (QED) is 0.767. The maximum absolute atomic E-state index is 13.5. The fraction of sp³-hybridized carbons (Fsp3) is 0.235. The Morgan fingerprint density at radius 1 is 1.14 bits per heavy atom. The first-order chi connectivity index (χ1) is 10.6. The van der Waals surface area contributed by atoms with Crippen molar-refractivity contribution in [2.24, 2.45) is 0 Å². The molecule has 0 heterocycles. The topological polar surface area (TPSA) is 69.6 Å². The first-order valence-corrected chi connectivity index (χ1v) is 7.04. The van der Waals surface area contributed by atoms with Crippen LogP contribution < -0.4 is 5.32 Å². The number of para-hydroxylation sites is 1. The zero-order valence-corrected chi connectivity index (χ0v) is 12.0. The van der Waals surface area contributed by atoms with Crippen LogP contribution in [0.5, 0.6) is 5.75 Å². The monoisotopic (exact) mass is 303 g/mol. The summed E-state index contributed by atoms with van der Waals surface area (Å²) >= 11 is 0. The van der Waals surface area contributed by atoms with Crippen LogP contribution in [0.3, 0.4) is 0 Å². The highest BCUT2D eigenvalue weighted by atomic mass is 19.1. The van der Waals surface area contributed by atoms with Crippen molar-refractivity contribution >= 4 is 5.91 Å². The lowest BCUT2D eigenvalue weighted by atomic mass is 10.1. The molecule has 0 bridgehead atoms. The number of aromatic hydroxyl groups is 1. The summed E-state index contributed by atoms with van der Waals surface area (Å²) in [6, 6.07) is 12.7. The van der Waals surface area contributed by atoms with Crippen molar-refractivity contribution in [1.82, 2.24) is 5.32 Å². The van der Waals surface area contributed by atoms with Crippen molar-refractivity contribution in [2.45, 2.75) is 18.9 Å². The van der Waals surface area contributed by atoms with Crippen LogP contribution in [-0.2, 0) is 11.2 Å². The van der Waals surface area contributed by atoms with E-state index in [0.717, 1.165) is 0 Å². The van der Waals surface area contributed by atoms with Crippen LogP contribution in [0.25, 0.3) is 0 Å². The van der Waals surface area contributed by atoms with Gasteiger partial charge in [0, 0.05) is 18.5 Å². The van der Waals surface area contributed by atoms with Gasteiger partial charge < -0.3 is 15.5 Å². The minimum Gasteiger partial charge on any atom is -0.508 e. The summed E-state index contributed by atoms with van der Waals surface area (Å²) in [5, 5.41) is 22.1. The molecule has 22 heavy (non-hydrogen) atoms. The van der Waals surface area contributed by atoms with Gasteiger partial charge in [-0.3, -0.25) is 4.79 Å². The summed E-state index contributed by atoms with van der Waals surface area (Å²) in [5.74, 6) is -0.612. The predicted molar refractivity (Wildman–Crippen MR) is 80.8 cm³/mol. The van der Waals surface area contributed by atoms with Crippen LogP contribution in [0.2, 0.25) is 0 Å². The lowest BCUT2D eigenvalue weighted by Gasteiger charge is -2.13. The molecule has 0 aliphatic rings. The Morgan fingerprint density at radius 2 is 1.82 bits per heavy atom. The third-order valence-corrected chi connectivity index (χ3v) is 3.37. The number of amides is 1. The van der Waals surface area contributed by atoms with Gasteiger partial charge in [-0.05, 0) is 24.1 Å². The molecule has 1 atom stereocenters. The molecule has 4 nitrogen and oxygen atoms in total. The summed E-state index contributed by atoms with van der Waals surface area (Å²) in [5.41, 5.74) is 0.843. The number of carbonyl (C=O) groups is 1. The van der Waals surface area contributed by atoms with E-state index in [1.54, 1.807) is 30.3 Å². The zero-order chi connectivity index (χ0) is 15.9. The lowest BCUT2D eigenvalue weighted by molar-refractivity contribution is -0.121. The Morgan fingerprint density at radius 3 is 2.55 bits per heavy atom. The van der Waals surface area contributed by atoms with Gasteiger partial charge in [-0.15, -0.1) is 0 Å². The van der Waals surface area contributed by atoms with Crippen LogP contribution in [0.1, 0.15) is 23.7 Å². The van der Waals surface area contributed by atoms with Gasteiger partial charge in [-0.2, -0.15) is 0 Å². The molecular formula is C17H18FNO3. The summed E-state index contributed by atoms with van der Waals surface area (Å²) in [6.45, 7) is -0.0550. The van der Waals surface area contributed by atoms with Crippen molar-refractivity contribution in [3.8, 4) is 5.75 Å². The van der Waals surface area contributed by atoms with Crippen LogP contribution in [0.4, 0.5) is 4.39 Å². The Bertz CT molecular complexity index is 645. The fourth-order valence-electron chi connectivity index (χ4n) is 2.12. The van der Waals surface area contributed by atoms with Crippen molar-refractivity contribution in [2.75, 3.05) is 6.54 Å². The molecule has 1 amide bonds. The molecule has 0 fully saturated rings. The van der Waals surface area contributed by atoms with Crippen LogP contribution in [0.15, 0.2) is 48.5 Å². The SMILES string of the molecule is O=C(CCc1ccccc1O)NCC(O)c1ccccc1F. The molecular weight excluding hydrogens is 285 g/mol. The van der Waals surface area contributed by atoms with Gasteiger partial charge in [-0.1, -0.05) is 36.4 Å². The van der Waals surface area contributed by atoms with Crippen molar-refractivity contribution in [3.63, 3.8) is 0 Å². The average molecular weight is 303 g/mol. The minimum atomic E-state index is -1.09. The van der Waals surface area contributed by atoms with E-state index >= 15 is 0 Å². The number of aliphatic hydroxyl groups excluding tert-OH is 1. The van der Waals surface area contributed by atoms with E-state index in [0.29, 0.717) is 12.0 Å². The Kier molecular flexibility index (Phi) is 5.49. The summed E-state index contributed by atoms with van der Waals surface area (Å²) in [4.78, 5) is 11.8. The standard InChI is InChI=1S/C17H18FNO3/c18-14-7-3-2-6-13(14)16(21)11-19-17(22)10-9-12-5-1-4-8-15(12)20/h1-8,16,20-21H,9-11H2,(H,19,22). The first kappa shape index (κ1) is 16.0. The predicted octanol–water partition coefficient (Wildman–Crippen LogP) is 2.31. The highest BCUT2D eigenvalue weighted by Gasteiger charge is 2.13. The molecule has 0 spiro atoms. The van der Waals surface area contributed by atoms with E-state index in [-0.39, 0.29) is 30.2 Å². The molecule has 0 aliphatic heterocycles. The van der Waals surface area contributed by atoms with Gasteiger partial charge in [0.05, 0.1) is 6.10 Å². The van der Waals surface area contributed by atoms with E-state index in [1.165, 1.54) is 18.2 Å². The average Bonchev–Trinajstić information content (AvgIpc) is 2.52. The molecule has 0 aliphatic carbocycles. The van der Waals surface area contributed by atoms with Crippen molar-refractivity contribution in [3.05, 3.63) is 65.5 Å². The molecule has 0 radical (unpaired) electrons. The first-order valence-electron chi connectivity index (χ1n) is 7.04. The molecule has 1 unspecified atom stereocenters. The molecule has 0 aromatic heterocycles. The second kappa shape index (κ2) is 7.56. The summed E-state index contributed by atoms with van der Waals surface area (Å²) < 4.78 is 13.5. The number of carbonyl (C=O) groups excluding carboxylic acids is 1. The second-order valence-electron chi connectivity index (χ2n) is 4.97. The number of nitrogens with one attached hydrogen (secondary N) is 1. The van der Waals surface area contributed by atoms with Gasteiger partial charge in [0.1, 0.15) is 11.6 Å². The number of rotatable bonds is 6. The number of phenolic OH excluding ortho intramolecular Hbond substituents is 1. The van der Waals surface area contributed by atoms with Gasteiger partial charge in [-0.25, -0.2) is 4.39 Å². The normalized spacial score (nSPS) is 11.9. The summed E-state index contributed by atoms with van der Waals surface area (Å²) in [7, 11) is 0. The Labute approximate surface area is 128 Å². The van der Waals surface area contributed by atoms with Gasteiger partial charge >= 0.3 is 0 Å². The molecule has 5 heteroatoms. The smallest absolute Gasteiger partial charge is 0.220 e. The number of aryl methyl sites for hydroxylation is 1. The highest BCUT2D eigenvalue weighted by Crippen LogP contribution is 2.18. The maximum Gasteiger partial charge on any atom is 0.220 e. The molecule has 116 valence electrons. The van der Waals surface area contributed by atoms with Crippen molar-refractivity contribution in [1.29, 1.82) is 0 Å². The van der Waals surface area contributed by atoms with Crippen molar-refractivity contribution < 1.29 is 19.4 Å². The molecule has 2 aromatic carbocycles. The third-order valence-electron chi connectivity index (χ3n) is 3.37. The van der Waals surface area contributed by atoms with Gasteiger partial charge in [0.15, 0.2) is 0 Å². The molecule has 0 saturated heterocycles. The van der Waals surface area contributed by atoms with E-state index in [4.69, 9.17) is 0 Å². The van der Waals surface area contributed by atoms with E-state index in [1.807, 2.05) is 0 Å². The molecule has 0 saturated carbocycles. The summed E-state index contributed by atoms with van der Waals surface area (Å²) in [6.07, 6.45) is -0.508. The third kappa shape index (κ3) is 4.30. The molecule has 3 N–H and O–H groups in total. The second-order valence-corrected chi connectivity index (χ2v) is 4.97. The number of phenols is 1. The van der Waals surface area contributed by atoms with Crippen LogP contribution >= 0.6 is 0 Å². The number of benzene rings is 2. The number of hydrogen-bond donors (Lipinski definition) is 3. The number of hydrogen-bond acceptors (Lipinski definition) is 3. The van der Waals surface area contributed by atoms with E-state index < -0.39 is 11.9 Å². The molecule has 2 aromatic rings. The number of aliphatic hydroxyl groups is 1. The van der Waals surface area contributed by atoms with E-state index in [2.05, 4.69) is 5.32 Å².